The first-order chi connectivity index (χ1) is 11.1. The highest BCUT2D eigenvalue weighted by Crippen LogP contribution is 2.27. The molecular formula is C19H16ClNOS. The maximum Gasteiger partial charge on any atom is 0.237 e. The number of carbonyl (C=O) groups is 1. The molecule has 3 aromatic carbocycles. The standard InChI is InChI=1S/C19H16ClNOS/c1-13(23-16-11-9-15(20)10-12-16)19(22)21-18-8-4-6-14-5-2-3-7-17(14)18/h2-13H,1H3,(H,21,22)/t13-/m1/s1. The summed E-state index contributed by atoms with van der Waals surface area (Å²) in [5.74, 6) is -0.0127. The van der Waals surface area contributed by atoms with Crippen molar-refractivity contribution in [2.45, 2.75) is 17.1 Å². The lowest BCUT2D eigenvalue weighted by Crippen LogP contribution is -2.22. The van der Waals surface area contributed by atoms with Gasteiger partial charge >= 0.3 is 0 Å². The summed E-state index contributed by atoms with van der Waals surface area (Å²) in [7, 11) is 0. The van der Waals surface area contributed by atoms with Gasteiger partial charge in [0.25, 0.3) is 0 Å². The van der Waals surface area contributed by atoms with E-state index in [9.17, 15) is 4.79 Å². The Morgan fingerprint density at radius 3 is 2.48 bits per heavy atom. The van der Waals surface area contributed by atoms with Crippen molar-refractivity contribution in [2.75, 3.05) is 5.32 Å². The lowest BCUT2D eigenvalue weighted by Gasteiger charge is -2.13. The van der Waals surface area contributed by atoms with E-state index in [1.165, 1.54) is 11.8 Å². The number of halogens is 1. The molecule has 116 valence electrons. The number of nitrogens with one attached hydrogen (secondary N) is 1. The molecule has 0 aliphatic rings. The Hall–Kier alpha value is -1.97. The predicted molar refractivity (Wildman–Crippen MR) is 99.3 cm³/mol. The number of hydrogen-bond acceptors (Lipinski definition) is 2. The van der Waals surface area contributed by atoms with Gasteiger partial charge in [0.1, 0.15) is 0 Å². The topological polar surface area (TPSA) is 29.1 Å². The highest BCUT2D eigenvalue weighted by molar-refractivity contribution is 8.00. The number of anilines is 1. The highest BCUT2D eigenvalue weighted by Gasteiger charge is 2.15. The van der Waals surface area contributed by atoms with Gasteiger partial charge in [-0.3, -0.25) is 4.79 Å². The zero-order valence-corrected chi connectivity index (χ0v) is 14.2. The normalized spacial score (nSPS) is 12.1. The Labute approximate surface area is 144 Å². The molecule has 0 unspecified atom stereocenters. The summed E-state index contributed by atoms with van der Waals surface area (Å²) in [6, 6.07) is 21.5. The second-order valence-electron chi connectivity index (χ2n) is 5.23. The van der Waals surface area contributed by atoms with E-state index in [1.807, 2.05) is 73.7 Å². The van der Waals surface area contributed by atoms with E-state index in [0.29, 0.717) is 5.02 Å². The molecule has 0 fully saturated rings. The number of carbonyl (C=O) groups excluding carboxylic acids is 1. The molecule has 0 aromatic heterocycles. The quantitative estimate of drug-likeness (QED) is 0.625. The van der Waals surface area contributed by atoms with Gasteiger partial charge in [0.15, 0.2) is 0 Å². The lowest BCUT2D eigenvalue weighted by atomic mass is 10.1. The van der Waals surface area contributed by atoms with Gasteiger partial charge in [-0.1, -0.05) is 48.0 Å². The van der Waals surface area contributed by atoms with Crippen molar-refractivity contribution < 1.29 is 4.79 Å². The van der Waals surface area contributed by atoms with E-state index in [0.717, 1.165) is 21.4 Å². The van der Waals surface area contributed by atoms with Crippen LogP contribution < -0.4 is 5.32 Å². The van der Waals surface area contributed by atoms with Crippen LogP contribution in [0, 0.1) is 0 Å². The number of hydrogen-bond donors (Lipinski definition) is 1. The first kappa shape index (κ1) is 15.9. The second kappa shape index (κ2) is 7.07. The Bertz CT molecular complexity index is 827. The molecule has 0 saturated carbocycles. The third-order valence-corrected chi connectivity index (χ3v) is 4.91. The summed E-state index contributed by atoms with van der Waals surface area (Å²) < 4.78 is 0. The third-order valence-electron chi connectivity index (χ3n) is 3.54. The van der Waals surface area contributed by atoms with Crippen LogP contribution in [-0.2, 0) is 4.79 Å². The van der Waals surface area contributed by atoms with Gasteiger partial charge in [-0.05, 0) is 42.6 Å². The van der Waals surface area contributed by atoms with Gasteiger partial charge in [-0.15, -0.1) is 11.8 Å². The molecule has 0 aliphatic carbocycles. The van der Waals surface area contributed by atoms with Crippen LogP contribution in [0.2, 0.25) is 5.02 Å². The maximum absolute atomic E-state index is 12.5. The fraction of sp³-hybridized carbons (Fsp3) is 0.105. The molecule has 0 spiro atoms. The molecule has 0 saturated heterocycles. The van der Waals surface area contributed by atoms with Gasteiger partial charge in [0, 0.05) is 21.0 Å². The summed E-state index contributed by atoms with van der Waals surface area (Å²) in [6.45, 7) is 1.90. The van der Waals surface area contributed by atoms with Crippen LogP contribution in [0.1, 0.15) is 6.92 Å². The summed E-state index contributed by atoms with van der Waals surface area (Å²) >= 11 is 7.40. The maximum atomic E-state index is 12.5. The minimum Gasteiger partial charge on any atom is -0.325 e. The van der Waals surface area contributed by atoms with Crippen LogP contribution in [0.5, 0.6) is 0 Å². The third kappa shape index (κ3) is 3.87. The Kier molecular flexibility index (Phi) is 4.89. The van der Waals surface area contributed by atoms with E-state index in [-0.39, 0.29) is 11.2 Å². The van der Waals surface area contributed by atoms with Crippen molar-refractivity contribution in [3.63, 3.8) is 0 Å². The van der Waals surface area contributed by atoms with Gasteiger partial charge in [-0.25, -0.2) is 0 Å². The van der Waals surface area contributed by atoms with Gasteiger partial charge in [-0.2, -0.15) is 0 Å². The SMILES string of the molecule is C[C@@H](Sc1ccc(Cl)cc1)C(=O)Nc1cccc2ccccc12. The number of benzene rings is 3. The minimum atomic E-state index is -0.199. The van der Waals surface area contributed by atoms with Crippen molar-refractivity contribution in [3.8, 4) is 0 Å². The van der Waals surface area contributed by atoms with E-state index in [2.05, 4.69) is 5.32 Å². The molecule has 2 nitrogen and oxygen atoms in total. The first-order valence-corrected chi connectivity index (χ1v) is 8.60. The fourth-order valence-corrected chi connectivity index (χ4v) is 3.33. The molecule has 0 bridgehead atoms. The van der Waals surface area contributed by atoms with Gasteiger partial charge < -0.3 is 5.32 Å². The van der Waals surface area contributed by atoms with Crippen LogP contribution in [0.4, 0.5) is 5.69 Å². The molecule has 0 radical (unpaired) electrons. The molecule has 1 N–H and O–H groups in total. The van der Waals surface area contributed by atoms with E-state index >= 15 is 0 Å². The van der Waals surface area contributed by atoms with Crippen molar-refractivity contribution >= 4 is 45.7 Å². The average molecular weight is 342 g/mol. The van der Waals surface area contributed by atoms with Crippen molar-refractivity contribution in [3.05, 3.63) is 71.8 Å². The average Bonchev–Trinajstić information content (AvgIpc) is 2.57. The molecular weight excluding hydrogens is 326 g/mol. The second-order valence-corrected chi connectivity index (χ2v) is 7.08. The first-order valence-electron chi connectivity index (χ1n) is 7.34. The van der Waals surface area contributed by atoms with Gasteiger partial charge in [0.2, 0.25) is 5.91 Å². The minimum absolute atomic E-state index is 0.0127. The largest absolute Gasteiger partial charge is 0.325 e. The monoisotopic (exact) mass is 341 g/mol. The summed E-state index contributed by atoms with van der Waals surface area (Å²) in [4.78, 5) is 13.5. The molecule has 4 heteroatoms. The summed E-state index contributed by atoms with van der Waals surface area (Å²) in [6.07, 6.45) is 0. The Morgan fingerprint density at radius 2 is 1.70 bits per heavy atom. The molecule has 1 amide bonds. The number of fused-ring (bicyclic) bond motifs is 1. The van der Waals surface area contributed by atoms with Crippen molar-refractivity contribution in [1.82, 2.24) is 0 Å². The zero-order valence-electron chi connectivity index (χ0n) is 12.6. The summed E-state index contributed by atoms with van der Waals surface area (Å²) in [5, 5.41) is 5.69. The Balaban J connectivity index is 1.74. The van der Waals surface area contributed by atoms with Crippen LogP contribution in [0.15, 0.2) is 71.6 Å². The smallest absolute Gasteiger partial charge is 0.237 e. The molecule has 3 aromatic rings. The van der Waals surface area contributed by atoms with E-state index in [4.69, 9.17) is 11.6 Å². The molecule has 1 atom stereocenters. The van der Waals surface area contributed by atoms with E-state index in [1.54, 1.807) is 0 Å². The van der Waals surface area contributed by atoms with Crippen LogP contribution >= 0.6 is 23.4 Å². The van der Waals surface area contributed by atoms with Crippen LogP contribution in [0.3, 0.4) is 0 Å². The number of rotatable bonds is 4. The number of amides is 1. The summed E-state index contributed by atoms with van der Waals surface area (Å²) in [5.41, 5.74) is 0.844. The van der Waals surface area contributed by atoms with E-state index < -0.39 is 0 Å². The fourth-order valence-electron chi connectivity index (χ4n) is 2.34. The van der Waals surface area contributed by atoms with Crippen molar-refractivity contribution in [1.29, 1.82) is 0 Å². The highest BCUT2D eigenvalue weighted by atomic mass is 35.5. The molecule has 0 aliphatic heterocycles. The lowest BCUT2D eigenvalue weighted by molar-refractivity contribution is -0.115. The zero-order chi connectivity index (χ0) is 16.2. The van der Waals surface area contributed by atoms with Crippen LogP contribution in [-0.4, -0.2) is 11.2 Å². The van der Waals surface area contributed by atoms with Crippen LogP contribution in [0.25, 0.3) is 10.8 Å². The van der Waals surface area contributed by atoms with Crippen molar-refractivity contribution in [2.24, 2.45) is 0 Å². The predicted octanol–water partition coefficient (Wildman–Crippen LogP) is 5.61. The molecule has 3 rings (SSSR count). The number of thioether (sulfide) groups is 1. The molecule has 0 heterocycles. The Morgan fingerprint density at radius 1 is 1.00 bits per heavy atom. The van der Waals surface area contributed by atoms with Gasteiger partial charge in [0.05, 0.1) is 5.25 Å². The molecule has 23 heavy (non-hydrogen) atoms.